The number of benzene rings is 3. The number of hydrogen-bond donors (Lipinski definition) is 0. The highest BCUT2D eigenvalue weighted by molar-refractivity contribution is 7.91. The van der Waals surface area contributed by atoms with Gasteiger partial charge in [-0.25, -0.2) is 13.2 Å². The molecule has 5 rings (SSSR count). The molecule has 3 aromatic rings. The van der Waals surface area contributed by atoms with E-state index in [1.54, 1.807) is 24.3 Å². The van der Waals surface area contributed by atoms with Crippen molar-refractivity contribution < 1.29 is 32.2 Å². The molecule has 0 N–H and O–H groups in total. The van der Waals surface area contributed by atoms with Crippen LogP contribution in [0.3, 0.4) is 0 Å². The van der Waals surface area contributed by atoms with E-state index in [2.05, 4.69) is 0 Å². The molecule has 3 aromatic carbocycles. The van der Waals surface area contributed by atoms with Gasteiger partial charge >= 0.3 is 5.97 Å². The van der Waals surface area contributed by atoms with Gasteiger partial charge in [0.15, 0.2) is 17.3 Å². The SMILES string of the molecule is O=C(OCc1cc(Cl)c2c(c1)OCCO2)c1ccc2c(c1)S(=O)(=O)c1ccccc1C2=O. The van der Waals surface area contributed by atoms with Crippen molar-refractivity contribution in [1.29, 1.82) is 0 Å². The van der Waals surface area contributed by atoms with Crippen LogP contribution in [0.15, 0.2) is 64.4 Å². The summed E-state index contributed by atoms with van der Waals surface area (Å²) in [7, 11) is -3.95. The minimum Gasteiger partial charge on any atom is -0.486 e. The normalized spacial score (nSPS) is 15.5. The summed E-state index contributed by atoms with van der Waals surface area (Å²) < 4.78 is 42.4. The Kier molecular flexibility index (Phi) is 4.91. The zero-order valence-electron chi connectivity index (χ0n) is 16.5. The predicted octanol–water partition coefficient (Wildman–Crippen LogP) is 3.85. The minimum atomic E-state index is -3.95. The zero-order chi connectivity index (χ0) is 22.5. The molecule has 2 aliphatic heterocycles. The molecule has 7 nitrogen and oxygen atoms in total. The van der Waals surface area contributed by atoms with E-state index in [1.807, 2.05) is 0 Å². The lowest BCUT2D eigenvalue weighted by Gasteiger charge is -2.20. The third-order valence-corrected chi connectivity index (χ3v) is 7.33. The van der Waals surface area contributed by atoms with Crippen LogP contribution in [0.2, 0.25) is 5.02 Å². The molecule has 0 saturated carbocycles. The maximum absolute atomic E-state index is 13.0. The molecule has 0 aromatic heterocycles. The Bertz CT molecular complexity index is 1400. The molecule has 0 radical (unpaired) electrons. The highest BCUT2D eigenvalue weighted by Crippen LogP contribution is 2.39. The summed E-state index contributed by atoms with van der Waals surface area (Å²) in [6.07, 6.45) is 0. The quantitative estimate of drug-likeness (QED) is 0.419. The van der Waals surface area contributed by atoms with Gasteiger partial charge in [0.05, 0.1) is 20.4 Å². The van der Waals surface area contributed by atoms with E-state index in [0.717, 1.165) is 0 Å². The van der Waals surface area contributed by atoms with Crippen LogP contribution in [0.1, 0.15) is 31.8 Å². The maximum Gasteiger partial charge on any atom is 0.338 e. The van der Waals surface area contributed by atoms with Crippen molar-refractivity contribution in [2.45, 2.75) is 16.4 Å². The first-order valence-electron chi connectivity index (χ1n) is 9.64. The van der Waals surface area contributed by atoms with Crippen molar-refractivity contribution >= 4 is 33.2 Å². The fourth-order valence-corrected chi connectivity index (χ4v) is 5.66. The number of halogens is 1. The highest BCUT2D eigenvalue weighted by atomic mass is 35.5. The van der Waals surface area contributed by atoms with E-state index >= 15 is 0 Å². The highest BCUT2D eigenvalue weighted by Gasteiger charge is 2.35. The first-order valence-corrected chi connectivity index (χ1v) is 11.5. The number of carbonyl (C=O) groups is 2. The van der Waals surface area contributed by atoms with E-state index in [4.69, 9.17) is 25.8 Å². The molecule has 0 aliphatic carbocycles. The van der Waals surface area contributed by atoms with Crippen molar-refractivity contribution in [2.75, 3.05) is 13.2 Å². The molecule has 2 heterocycles. The van der Waals surface area contributed by atoms with Gasteiger partial charge in [-0.1, -0.05) is 23.7 Å². The molecule has 0 atom stereocenters. The van der Waals surface area contributed by atoms with Crippen molar-refractivity contribution in [3.63, 3.8) is 0 Å². The lowest BCUT2D eigenvalue weighted by atomic mass is 10.0. The lowest BCUT2D eigenvalue weighted by Crippen LogP contribution is -2.21. The van der Waals surface area contributed by atoms with E-state index in [-0.39, 0.29) is 33.1 Å². The molecule has 9 heteroatoms. The summed E-state index contributed by atoms with van der Waals surface area (Å²) in [5.74, 6) is -0.235. The fourth-order valence-electron chi connectivity index (χ4n) is 3.69. The molecule has 0 unspecified atom stereocenters. The maximum atomic E-state index is 13.0. The van der Waals surface area contributed by atoms with Crippen LogP contribution in [0.4, 0.5) is 0 Å². The van der Waals surface area contributed by atoms with Crippen molar-refractivity contribution in [2.24, 2.45) is 0 Å². The third-order valence-electron chi connectivity index (χ3n) is 5.20. The van der Waals surface area contributed by atoms with Crippen molar-refractivity contribution in [3.05, 3.63) is 81.9 Å². The molecule has 0 fully saturated rings. The molecule has 32 heavy (non-hydrogen) atoms. The number of ether oxygens (including phenoxy) is 3. The van der Waals surface area contributed by atoms with Gasteiger partial charge in [-0.2, -0.15) is 0 Å². The summed E-state index contributed by atoms with van der Waals surface area (Å²) >= 11 is 6.20. The Morgan fingerprint density at radius 3 is 2.56 bits per heavy atom. The van der Waals surface area contributed by atoms with Gasteiger partial charge in [-0.3, -0.25) is 4.79 Å². The second-order valence-corrected chi connectivity index (χ2v) is 9.51. The van der Waals surface area contributed by atoms with Crippen molar-refractivity contribution in [3.8, 4) is 11.5 Å². The van der Waals surface area contributed by atoms with Gasteiger partial charge in [-0.05, 0) is 48.0 Å². The van der Waals surface area contributed by atoms with Gasteiger partial charge in [0, 0.05) is 11.1 Å². The van der Waals surface area contributed by atoms with Gasteiger partial charge in [0.25, 0.3) is 0 Å². The average molecular weight is 471 g/mol. The van der Waals surface area contributed by atoms with Gasteiger partial charge < -0.3 is 14.2 Å². The summed E-state index contributed by atoms with van der Waals surface area (Å²) in [6, 6.07) is 13.2. The van der Waals surface area contributed by atoms with Crippen molar-refractivity contribution in [1.82, 2.24) is 0 Å². The van der Waals surface area contributed by atoms with Gasteiger partial charge in [0.2, 0.25) is 9.84 Å². The molecule has 0 spiro atoms. The van der Waals surface area contributed by atoms with Crippen LogP contribution >= 0.6 is 11.6 Å². The first-order chi connectivity index (χ1) is 15.4. The molecule has 0 amide bonds. The standard InChI is InChI=1S/C23H15ClO7S/c24-17-9-13(10-18-22(17)30-8-7-29-18)12-31-23(26)14-5-6-16-20(11-14)32(27,28)19-4-2-1-3-15(19)21(16)25/h1-6,9-11H,7-8,12H2. The van der Waals surface area contributed by atoms with Crippen LogP contribution in [-0.2, 0) is 21.2 Å². The largest absolute Gasteiger partial charge is 0.486 e. The van der Waals surface area contributed by atoms with Crippen LogP contribution in [-0.4, -0.2) is 33.4 Å². The number of ketones is 1. The fraction of sp³-hybridized carbons (Fsp3) is 0.130. The Balaban J connectivity index is 1.41. The molecular weight excluding hydrogens is 456 g/mol. The molecule has 0 saturated heterocycles. The third kappa shape index (κ3) is 3.32. The minimum absolute atomic E-state index is 0.0168. The van der Waals surface area contributed by atoms with E-state index in [0.29, 0.717) is 35.3 Å². The smallest absolute Gasteiger partial charge is 0.338 e. The van der Waals surface area contributed by atoms with Crippen LogP contribution in [0.25, 0.3) is 0 Å². The predicted molar refractivity (Wildman–Crippen MR) is 113 cm³/mol. The van der Waals surface area contributed by atoms with Crippen LogP contribution < -0.4 is 9.47 Å². The zero-order valence-corrected chi connectivity index (χ0v) is 18.0. The average Bonchev–Trinajstić information content (AvgIpc) is 2.81. The Morgan fingerprint density at radius 2 is 1.72 bits per heavy atom. The second kappa shape index (κ2) is 7.65. The lowest BCUT2D eigenvalue weighted by molar-refractivity contribution is 0.0471. The second-order valence-electron chi connectivity index (χ2n) is 7.22. The van der Waals surface area contributed by atoms with E-state index in [9.17, 15) is 18.0 Å². The Hall–Kier alpha value is -3.36. The monoisotopic (exact) mass is 470 g/mol. The number of carbonyl (C=O) groups excluding carboxylic acids is 2. The number of rotatable bonds is 3. The Labute approximate surface area is 188 Å². The first kappa shape index (κ1) is 20.5. The number of esters is 1. The van der Waals surface area contributed by atoms with E-state index in [1.165, 1.54) is 30.3 Å². The summed E-state index contributed by atoms with van der Waals surface area (Å²) in [5, 5.41) is 0.338. The summed E-state index contributed by atoms with van der Waals surface area (Å²) in [4.78, 5) is 25.1. The van der Waals surface area contributed by atoms with Crippen LogP contribution in [0, 0.1) is 0 Å². The van der Waals surface area contributed by atoms with Gasteiger partial charge in [0.1, 0.15) is 19.8 Å². The van der Waals surface area contributed by atoms with E-state index < -0.39 is 21.6 Å². The van der Waals surface area contributed by atoms with Gasteiger partial charge in [-0.15, -0.1) is 0 Å². The molecular formula is C23H15ClO7S. The molecule has 2 aliphatic rings. The molecule has 0 bridgehead atoms. The topological polar surface area (TPSA) is 96.0 Å². The number of hydrogen-bond acceptors (Lipinski definition) is 7. The molecule has 162 valence electrons. The number of sulfone groups is 1. The van der Waals surface area contributed by atoms with Crippen LogP contribution in [0.5, 0.6) is 11.5 Å². The number of fused-ring (bicyclic) bond motifs is 3. The summed E-state index contributed by atoms with van der Waals surface area (Å²) in [5.41, 5.74) is 0.745. The Morgan fingerprint density at radius 1 is 0.969 bits per heavy atom. The summed E-state index contributed by atoms with van der Waals surface area (Å²) in [6.45, 7) is 0.675.